The van der Waals surface area contributed by atoms with E-state index in [2.05, 4.69) is 0 Å². The van der Waals surface area contributed by atoms with Crippen LogP contribution in [0.2, 0.25) is 0 Å². The van der Waals surface area contributed by atoms with Gasteiger partial charge in [-0.05, 0) is 44.4 Å². The van der Waals surface area contributed by atoms with E-state index in [4.69, 9.17) is 0 Å². The second-order valence-corrected chi connectivity index (χ2v) is 6.05. The number of carboxylic acid groups (broad SMARTS) is 1. The van der Waals surface area contributed by atoms with Crippen molar-refractivity contribution in [2.75, 3.05) is 6.54 Å². The van der Waals surface area contributed by atoms with E-state index >= 15 is 0 Å². The summed E-state index contributed by atoms with van der Waals surface area (Å²) in [6.07, 6.45) is 3.72. The van der Waals surface area contributed by atoms with E-state index < -0.39 is 11.5 Å². The van der Waals surface area contributed by atoms with Gasteiger partial charge in [0.15, 0.2) is 0 Å². The van der Waals surface area contributed by atoms with Crippen LogP contribution in [0.5, 0.6) is 0 Å². The molecule has 21 heavy (non-hydrogen) atoms. The minimum absolute atomic E-state index is 0.261. The highest BCUT2D eigenvalue weighted by atomic mass is 32.1. The van der Waals surface area contributed by atoms with Gasteiger partial charge in [-0.15, -0.1) is 11.3 Å². The second-order valence-electron chi connectivity index (χ2n) is 5.14. The highest BCUT2D eigenvalue weighted by Gasteiger charge is 2.38. The SMILES string of the molecule is CCN(C(=O)c1sccc1-n1cccc1)C(C)(C)C(=O)O. The first-order chi connectivity index (χ1) is 9.89. The summed E-state index contributed by atoms with van der Waals surface area (Å²) in [5.41, 5.74) is -0.473. The molecule has 0 spiro atoms. The lowest BCUT2D eigenvalue weighted by Crippen LogP contribution is -2.52. The quantitative estimate of drug-likeness (QED) is 0.924. The number of rotatable bonds is 5. The maximum Gasteiger partial charge on any atom is 0.329 e. The molecule has 0 aromatic carbocycles. The number of carbonyl (C=O) groups is 2. The standard InChI is InChI=1S/C15H18N2O3S/c1-4-17(15(2,3)14(19)20)13(18)12-11(7-10-21-12)16-8-5-6-9-16/h5-10H,4H2,1-3H3,(H,19,20). The van der Waals surface area contributed by atoms with Gasteiger partial charge in [0, 0.05) is 18.9 Å². The van der Waals surface area contributed by atoms with E-state index in [1.807, 2.05) is 40.5 Å². The first kappa shape index (κ1) is 15.3. The molecule has 0 bridgehead atoms. The van der Waals surface area contributed by atoms with E-state index in [9.17, 15) is 14.7 Å². The molecule has 1 amide bonds. The highest BCUT2D eigenvalue weighted by Crippen LogP contribution is 2.26. The molecule has 2 aromatic rings. The first-order valence-electron chi connectivity index (χ1n) is 6.65. The van der Waals surface area contributed by atoms with E-state index in [1.54, 1.807) is 20.8 Å². The van der Waals surface area contributed by atoms with E-state index in [-0.39, 0.29) is 5.91 Å². The Labute approximate surface area is 127 Å². The molecule has 0 aliphatic rings. The number of aromatic nitrogens is 1. The molecule has 1 N–H and O–H groups in total. The van der Waals surface area contributed by atoms with E-state index in [0.29, 0.717) is 11.4 Å². The topological polar surface area (TPSA) is 62.5 Å². The smallest absolute Gasteiger partial charge is 0.329 e. The summed E-state index contributed by atoms with van der Waals surface area (Å²) < 4.78 is 1.85. The average Bonchev–Trinajstić information content (AvgIpc) is 3.09. The normalized spacial score (nSPS) is 11.4. The predicted molar refractivity (Wildman–Crippen MR) is 82.1 cm³/mol. The zero-order valence-electron chi connectivity index (χ0n) is 12.2. The van der Waals surface area contributed by atoms with Crippen LogP contribution in [0.1, 0.15) is 30.4 Å². The van der Waals surface area contributed by atoms with Gasteiger partial charge in [-0.3, -0.25) is 4.79 Å². The molecule has 2 heterocycles. The van der Waals surface area contributed by atoms with Gasteiger partial charge >= 0.3 is 5.97 Å². The van der Waals surface area contributed by atoms with Crippen LogP contribution in [-0.4, -0.2) is 38.5 Å². The molecular weight excluding hydrogens is 288 g/mol. The molecule has 0 fully saturated rings. The molecule has 2 aromatic heterocycles. The summed E-state index contributed by atoms with van der Waals surface area (Å²) in [4.78, 5) is 26.1. The Balaban J connectivity index is 2.41. The Morgan fingerprint density at radius 2 is 1.95 bits per heavy atom. The van der Waals surface area contributed by atoms with Gasteiger partial charge in [0.25, 0.3) is 5.91 Å². The number of thiophene rings is 1. The van der Waals surface area contributed by atoms with Gasteiger partial charge in [-0.25, -0.2) is 4.79 Å². The maximum atomic E-state index is 12.8. The lowest BCUT2D eigenvalue weighted by atomic mass is 10.0. The van der Waals surface area contributed by atoms with Gasteiger partial charge in [0.05, 0.1) is 5.69 Å². The van der Waals surface area contributed by atoms with E-state index in [1.165, 1.54) is 16.2 Å². The number of hydrogen-bond donors (Lipinski definition) is 1. The van der Waals surface area contributed by atoms with Gasteiger partial charge in [-0.2, -0.15) is 0 Å². The van der Waals surface area contributed by atoms with Gasteiger partial charge < -0.3 is 14.6 Å². The third-order valence-electron chi connectivity index (χ3n) is 3.48. The molecule has 5 nitrogen and oxygen atoms in total. The van der Waals surface area contributed by atoms with Crippen molar-refractivity contribution in [2.24, 2.45) is 0 Å². The number of carbonyl (C=O) groups excluding carboxylic acids is 1. The zero-order chi connectivity index (χ0) is 15.6. The zero-order valence-corrected chi connectivity index (χ0v) is 13.1. The Hall–Kier alpha value is -2.08. The van der Waals surface area contributed by atoms with Crippen LogP contribution in [-0.2, 0) is 4.79 Å². The number of carboxylic acids is 1. The molecule has 0 radical (unpaired) electrons. The molecule has 0 unspecified atom stereocenters. The maximum absolute atomic E-state index is 12.8. The third-order valence-corrected chi connectivity index (χ3v) is 4.37. The summed E-state index contributed by atoms with van der Waals surface area (Å²) in [6, 6.07) is 5.62. The molecular formula is C15H18N2O3S. The van der Waals surface area contributed by atoms with Gasteiger partial charge in [-0.1, -0.05) is 0 Å². The Bertz CT molecular complexity index is 644. The largest absolute Gasteiger partial charge is 0.480 e. The molecule has 0 aliphatic carbocycles. The highest BCUT2D eigenvalue weighted by molar-refractivity contribution is 7.12. The van der Waals surface area contributed by atoms with Gasteiger partial charge in [0.2, 0.25) is 0 Å². The third kappa shape index (κ3) is 2.71. The first-order valence-corrected chi connectivity index (χ1v) is 7.53. The van der Waals surface area contributed by atoms with Crippen molar-refractivity contribution in [3.8, 4) is 5.69 Å². The van der Waals surface area contributed by atoms with Crippen LogP contribution in [0.3, 0.4) is 0 Å². The fourth-order valence-electron chi connectivity index (χ4n) is 2.19. The number of aliphatic carboxylic acids is 1. The van der Waals surface area contributed by atoms with Crippen LogP contribution >= 0.6 is 11.3 Å². The van der Waals surface area contributed by atoms with Crippen molar-refractivity contribution in [3.05, 3.63) is 40.8 Å². The number of hydrogen-bond acceptors (Lipinski definition) is 3. The van der Waals surface area contributed by atoms with Crippen LogP contribution < -0.4 is 0 Å². The Morgan fingerprint density at radius 1 is 1.33 bits per heavy atom. The summed E-state index contributed by atoms with van der Waals surface area (Å²) in [5, 5.41) is 11.2. The fraction of sp³-hybridized carbons (Fsp3) is 0.333. The van der Waals surface area contributed by atoms with Crippen molar-refractivity contribution in [1.29, 1.82) is 0 Å². The van der Waals surface area contributed by atoms with Gasteiger partial charge in [0.1, 0.15) is 10.4 Å². The molecule has 0 saturated carbocycles. The summed E-state index contributed by atoms with van der Waals surface area (Å²) in [5.74, 6) is -1.28. The molecule has 0 saturated heterocycles. The number of amides is 1. The fourth-order valence-corrected chi connectivity index (χ4v) is 3.03. The van der Waals surface area contributed by atoms with Crippen molar-refractivity contribution in [3.63, 3.8) is 0 Å². The van der Waals surface area contributed by atoms with Crippen LogP contribution in [0.15, 0.2) is 36.0 Å². The molecule has 0 atom stereocenters. The van der Waals surface area contributed by atoms with Crippen molar-refractivity contribution in [1.82, 2.24) is 9.47 Å². The number of nitrogens with zero attached hydrogens (tertiary/aromatic N) is 2. The molecule has 2 rings (SSSR count). The van der Waals surface area contributed by atoms with Crippen molar-refractivity contribution < 1.29 is 14.7 Å². The summed E-state index contributed by atoms with van der Waals surface area (Å²) in [6.45, 7) is 5.20. The Kier molecular flexibility index (Phi) is 4.18. The summed E-state index contributed by atoms with van der Waals surface area (Å²) >= 11 is 1.32. The molecule has 0 aliphatic heterocycles. The molecule has 112 valence electrons. The number of likely N-dealkylation sites (N-methyl/N-ethyl adjacent to an activating group) is 1. The monoisotopic (exact) mass is 306 g/mol. The van der Waals surface area contributed by atoms with Crippen LogP contribution in [0.4, 0.5) is 0 Å². The lowest BCUT2D eigenvalue weighted by Gasteiger charge is -2.34. The molecule has 6 heteroatoms. The summed E-state index contributed by atoms with van der Waals surface area (Å²) in [7, 11) is 0. The lowest BCUT2D eigenvalue weighted by molar-refractivity contribution is -0.147. The van der Waals surface area contributed by atoms with Crippen molar-refractivity contribution >= 4 is 23.2 Å². The minimum atomic E-state index is -1.25. The van der Waals surface area contributed by atoms with Crippen LogP contribution in [0.25, 0.3) is 5.69 Å². The predicted octanol–water partition coefficient (Wildman–Crippen LogP) is 2.86. The van der Waals surface area contributed by atoms with Crippen molar-refractivity contribution in [2.45, 2.75) is 26.3 Å². The van der Waals surface area contributed by atoms with Crippen LogP contribution in [0, 0.1) is 0 Å². The Morgan fingerprint density at radius 3 is 2.48 bits per heavy atom. The second kappa shape index (κ2) is 5.73. The minimum Gasteiger partial charge on any atom is -0.480 e. The van der Waals surface area contributed by atoms with E-state index in [0.717, 1.165) is 5.69 Å². The average molecular weight is 306 g/mol.